The first-order chi connectivity index (χ1) is 39.0. The summed E-state index contributed by atoms with van der Waals surface area (Å²) in [4.78, 5) is 76.0. The highest BCUT2D eigenvalue weighted by molar-refractivity contribution is 5.92. The normalized spacial score (nSPS) is 11.9. The van der Waals surface area contributed by atoms with Gasteiger partial charge in [0.2, 0.25) is 0 Å². The summed E-state index contributed by atoms with van der Waals surface area (Å²) in [5.74, 6) is -0.176. The van der Waals surface area contributed by atoms with E-state index >= 15 is 0 Å². The molecule has 0 bridgehead atoms. The van der Waals surface area contributed by atoms with E-state index in [-0.39, 0.29) is 50.4 Å². The van der Waals surface area contributed by atoms with Crippen LogP contribution in [0.5, 0.6) is 23.0 Å². The molecule has 8 rings (SSSR count). The van der Waals surface area contributed by atoms with Gasteiger partial charge in [0.15, 0.2) is 24.1 Å². The lowest BCUT2D eigenvalue weighted by atomic mass is 10.1. The summed E-state index contributed by atoms with van der Waals surface area (Å²) in [6, 6.07) is 45.5. The van der Waals surface area contributed by atoms with Crippen LogP contribution in [-0.4, -0.2) is 103 Å². The zero-order valence-electron chi connectivity index (χ0n) is 43.9. The van der Waals surface area contributed by atoms with Gasteiger partial charge in [0, 0.05) is 60.6 Å². The Balaban J connectivity index is 0.920. The van der Waals surface area contributed by atoms with Crippen LogP contribution in [0.1, 0.15) is 11.1 Å². The van der Waals surface area contributed by atoms with Gasteiger partial charge in [0.25, 0.3) is 0 Å². The quantitative estimate of drug-likeness (QED) is 0.0206. The molecule has 2 aromatic heterocycles. The maximum Gasteiger partial charge on any atom is 0.343 e. The molecular weight excluding hydrogens is 1030 g/mol. The highest BCUT2D eigenvalue weighted by Gasteiger charge is 2.19. The number of carbonyl (C=O) groups is 4. The summed E-state index contributed by atoms with van der Waals surface area (Å²) in [6.07, 6.45) is 1.36. The fraction of sp³-hybridized carbons (Fsp3) is 0.226. The van der Waals surface area contributed by atoms with Gasteiger partial charge in [-0.15, -0.1) is 0 Å². The zero-order valence-corrected chi connectivity index (χ0v) is 43.9. The molecule has 6 aromatic carbocycles. The summed E-state index contributed by atoms with van der Waals surface area (Å²) in [6.45, 7) is 0.574. The van der Waals surface area contributed by atoms with E-state index in [0.29, 0.717) is 82.4 Å². The molecule has 412 valence electrons. The van der Waals surface area contributed by atoms with E-state index in [1.165, 1.54) is 26.4 Å². The number of fused-ring (bicyclic) bond motifs is 2. The molecule has 0 aliphatic carbocycles. The van der Waals surface area contributed by atoms with E-state index in [1.807, 2.05) is 84.9 Å². The molecule has 0 spiro atoms. The summed E-state index contributed by atoms with van der Waals surface area (Å²) in [5.41, 5.74) is 3.57. The lowest BCUT2D eigenvalue weighted by Crippen LogP contribution is -2.36. The van der Waals surface area contributed by atoms with Crippen molar-refractivity contribution in [2.24, 2.45) is 0 Å². The van der Waals surface area contributed by atoms with Crippen molar-refractivity contribution in [3.05, 3.63) is 201 Å². The largest absolute Gasteiger partial charge is 0.490 e. The third-order valence-corrected chi connectivity index (χ3v) is 12.3. The third-order valence-electron chi connectivity index (χ3n) is 12.3. The van der Waals surface area contributed by atoms with Crippen molar-refractivity contribution < 1.29 is 65.9 Å². The molecular formula is C62H58N2O16. The number of methoxy groups -OCH3 is 2. The Morgan fingerprint density at radius 2 is 0.863 bits per heavy atom. The predicted molar refractivity (Wildman–Crippen MR) is 297 cm³/mol. The minimum atomic E-state index is -0.875. The highest BCUT2D eigenvalue weighted by atomic mass is 16.6. The summed E-state index contributed by atoms with van der Waals surface area (Å²) in [5, 5.41) is 7.32. The molecule has 0 saturated carbocycles. The molecule has 0 saturated heterocycles. The predicted octanol–water partition coefficient (Wildman–Crippen LogP) is 7.84. The number of nitrogens with one attached hydrogen (secondary N) is 2. The first-order valence-electron chi connectivity index (χ1n) is 25.6. The van der Waals surface area contributed by atoms with Crippen LogP contribution in [0.2, 0.25) is 0 Å². The van der Waals surface area contributed by atoms with E-state index in [4.69, 9.17) is 37.3 Å². The Morgan fingerprint density at radius 1 is 0.475 bits per heavy atom. The number of benzene rings is 6. The first kappa shape index (κ1) is 56.7. The molecule has 2 N–H and O–H groups in total. The number of hydrogen-bond donors (Lipinski definition) is 2. The number of esters is 4. The molecule has 2 heterocycles. The van der Waals surface area contributed by atoms with Crippen molar-refractivity contribution in [3.8, 4) is 45.6 Å². The highest BCUT2D eigenvalue weighted by Crippen LogP contribution is 2.27. The molecule has 18 heteroatoms. The fourth-order valence-electron chi connectivity index (χ4n) is 8.03. The molecule has 0 aliphatic heterocycles. The zero-order chi connectivity index (χ0) is 56.1. The molecule has 0 radical (unpaired) electrons. The summed E-state index contributed by atoms with van der Waals surface area (Å²) in [7, 11) is 2.57. The number of hydrogen-bond acceptors (Lipinski definition) is 18. The van der Waals surface area contributed by atoms with E-state index in [9.17, 15) is 28.8 Å². The summed E-state index contributed by atoms with van der Waals surface area (Å²) < 4.78 is 56.3. The van der Waals surface area contributed by atoms with E-state index < -0.39 is 36.1 Å². The van der Waals surface area contributed by atoms with Crippen LogP contribution in [0.15, 0.2) is 188 Å². The van der Waals surface area contributed by atoms with Crippen LogP contribution >= 0.6 is 0 Å². The minimum Gasteiger partial charge on any atom is -0.490 e. The van der Waals surface area contributed by atoms with Gasteiger partial charge < -0.3 is 57.4 Å². The Hall–Kier alpha value is -9.52. The molecule has 0 amide bonds. The van der Waals surface area contributed by atoms with Crippen LogP contribution < -0.4 is 40.4 Å². The second-order valence-corrected chi connectivity index (χ2v) is 18.0. The molecule has 8 aromatic rings. The monoisotopic (exact) mass is 1090 g/mol. The van der Waals surface area contributed by atoms with Crippen molar-refractivity contribution in [1.29, 1.82) is 0 Å². The van der Waals surface area contributed by atoms with Crippen molar-refractivity contribution in [2.75, 3.05) is 66.8 Å². The van der Waals surface area contributed by atoms with Gasteiger partial charge in [0.1, 0.15) is 71.1 Å². The Bertz CT molecular complexity index is 3280. The van der Waals surface area contributed by atoms with Gasteiger partial charge in [-0.1, -0.05) is 84.9 Å². The molecule has 2 atom stereocenters. The van der Waals surface area contributed by atoms with E-state index in [0.717, 1.165) is 34.4 Å². The number of rotatable bonds is 28. The average molecular weight is 1090 g/mol. The lowest BCUT2D eigenvalue weighted by Gasteiger charge is -2.19. The summed E-state index contributed by atoms with van der Waals surface area (Å²) >= 11 is 0. The fourth-order valence-corrected chi connectivity index (χ4v) is 8.03. The van der Waals surface area contributed by atoms with Gasteiger partial charge in [-0.25, -0.2) is 19.2 Å². The first-order valence-corrected chi connectivity index (χ1v) is 25.6. The Morgan fingerprint density at radius 3 is 1.25 bits per heavy atom. The van der Waals surface area contributed by atoms with Crippen LogP contribution in [0.3, 0.4) is 0 Å². The number of carbonyl (C=O) groups excluding carboxylic acids is 4. The molecule has 18 nitrogen and oxygen atoms in total. The van der Waals surface area contributed by atoms with Gasteiger partial charge >= 0.3 is 23.9 Å². The van der Waals surface area contributed by atoms with Gasteiger partial charge in [-0.3, -0.25) is 9.59 Å². The van der Waals surface area contributed by atoms with Crippen LogP contribution in [-0.2, 0) is 51.0 Å². The maximum absolute atomic E-state index is 13.5. The van der Waals surface area contributed by atoms with Crippen LogP contribution in [0.4, 0.5) is 0 Å². The smallest absolute Gasteiger partial charge is 0.343 e. The van der Waals surface area contributed by atoms with E-state index in [1.54, 1.807) is 60.7 Å². The van der Waals surface area contributed by atoms with Crippen LogP contribution in [0, 0.1) is 0 Å². The van der Waals surface area contributed by atoms with Crippen molar-refractivity contribution in [2.45, 2.75) is 25.0 Å². The van der Waals surface area contributed by atoms with Gasteiger partial charge in [-0.2, -0.15) is 0 Å². The van der Waals surface area contributed by atoms with Gasteiger partial charge in [0.05, 0.1) is 25.0 Å². The van der Waals surface area contributed by atoms with Crippen molar-refractivity contribution >= 4 is 45.8 Å². The topological polar surface area (TPSA) is 227 Å². The average Bonchev–Trinajstić information content (AvgIpc) is 3.51. The Labute approximate surface area is 459 Å². The number of ether oxygens (including phenoxy) is 8. The van der Waals surface area contributed by atoms with Crippen LogP contribution in [0.25, 0.3) is 44.6 Å². The molecule has 0 fully saturated rings. The molecule has 0 aliphatic rings. The third kappa shape index (κ3) is 17.0. The van der Waals surface area contributed by atoms with Crippen molar-refractivity contribution in [3.63, 3.8) is 0 Å². The maximum atomic E-state index is 13.5. The Kier molecular flexibility index (Phi) is 20.4. The lowest BCUT2D eigenvalue weighted by molar-refractivity contribution is -0.147. The minimum absolute atomic E-state index is 0.123. The molecule has 80 heavy (non-hydrogen) atoms. The molecule has 2 unspecified atom stereocenters. The standard InChI is InChI=1S/C62H58N2O16/c1-71-61(69)39-75-45-17-13-41(14-18-45)27-29-63-35-49(37-73-47-21-23-51-53(65)33-55(79-57(51)31-47)43-9-5-3-6-10-43)77-59(67)25-26-60(68)78-50(36-64-30-28-42-15-19-46(20-16-42)76-40-62(70)72-2)38-74-48-22-24-52-54(66)34-56(80-58(52)32-48)44-11-7-4-8-12-44/h3-26,31-34,49-50,63-64H,27-30,35-40H2,1-2H3/b26-25-. The SMILES string of the molecule is COC(=O)COc1ccc(CCNCC(COc2ccc3c(=O)cc(-c4ccccc4)oc3c2)OC(=O)/C=C\C(=O)OC(CNCCc2ccc(OCC(=O)OC)cc2)COc2ccc3c(=O)cc(-c4ccccc4)oc3c2)cc1. The second-order valence-electron chi connectivity index (χ2n) is 18.0. The van der Waals surface area contributed by atoms with Crippen molar-refractivity contribution in [1.82, 2.24) is 10.6 Å². The second kappa shape index (κ2) is 28.7. The van der Waals surface area contributed by atoms with Gasteiger partial charge in [-0.05, 0) is 85.6 Å². The van der Waals surface area contributed by atoms with E-state index in [2.05, 4.69) is 20.1 Å².